The molecule has 0 fully saturated rings. The van der Waals surface area contributed by atoms with E-state index in [-0.39, 0.29) is 86.5 Å². The second-order valence-corrected chi connectivity index (χ2v) is 10.5. The summed E-state index contributed by atoms with van der Waals surface area (Å²) in [6, 6.07) is 13.8. The number of nitrogens with one attached hydrogen (secondary N) is 1. The second-order valence-electron chi connectivity index (χ2n) is 7.96. The van der Waals surface area contributed by atoms with E-state index in [1.807, 2.05) is 13.8 Å². The summed E-state index contributed by atoms with van der Waals surface area (Å²) in [5.74, 6) is -0.618. The van der Waals surface area contributed by atoms with Crippen LogP contribution < -0.4 is 74.6 Å². The molecule has 42 heavy (non-hydrogen) atoms. The number of nitrogens with zero attached hydrogens (tertiary/aromatic N) is 5. The van der Waals surface area contributed by atoms with Crippen molar-refractivity contribution in [1.82, 2.24) is 9.97 Å². The van der Waals surface area contributed by atoms with Crippen molar-refractivity contribution in [1.29, 1.82) is 0 Å². The Morgan fingerprint density at radius 2 is 1.69 bits per heavy atom. The topological polar surface area (TPSA) is 164 Å². The van der Waals surface area contributed by atoms with Crippen LogP contribution in [0.5, 0.6) is 0 Å². The number of hydrogen-bond donors (Lipinski definition) is 1. The van der Waals surface area contributed by atoms with Gasteiger partial charge in [0.05, 0.1) is 22.6 Å². The van der Waals surface area contributed by atoms with Crippen LogP contribution in [0, 0.1) is 5.95 Å². The largest absolute Gasteiger partial charge is 1.00 e. The zero-order valence-electron chi connectivity index (χ0n) is 22.9. The minimum Gasteiger partial charge on any atom is -0.744 e. The van der Waals surface area contributed by atoms with Crippen molar-refractivity contribution in [3.63, 3.8) is 0 Å². The maximum Gasteiger partial charge on any atom is 1.00 e. The number of hydrogen-bond acceptors (Lipinski definition) is 13. The average Bonchev–Trinajstić information content (AvgIpc) is 2.94. The molecule has 0 amide bonds. The molecule has 0 spiro atoms. The maximum atomic E-state index is 14.6. The van der Waals surface area contributed by atoms with Crippen molar-refractivity contribution >= 4 is 73.4 Å². The van der Waals surface area contributed by atoms with Crippen molar-refractivity contribution in [3.8, 4) is 0 Å². The van der Waals surface area contributed by atoms with E-state index in [0.29, 0.717) is 47.3 Å². The number of azo groups is 1. The summed E-state index contributed by atoms with van der Waals surface area (Å²) in [4.78, 5) is 9.64. The summed E-state index contributed by atoms with van der Waals surface area (Å²) in [6.07, 6.45) is 0. The molecule has 0 aliphatic carbocycles. The quantitative estimate of drug-likeness (QED) is 0.0425. The molecular formula is C24H20ClFN6Na2O6S2. The van der Waals surface area contributed by atoms with Crippen LogP contribution in [-0.4, -0.2) is 36.0 Å². The zero-order chi connectivity index (χ0) is 28.9. The van der Waals surface area contributed by atoms with E-state index >= 15 is 0 Å². The zero-order valence-corrected chi connectivity index (χ0v) is 29.3. The molecule has 0 radical (unpaired) electrons. The van der Waals surface area contributed by atoms with Crippen LogP contribution in [0.25, 0.3) is 10.8 Å². The summed E-state index contributed by atoms with van der Waals surface area (Å²) in [5.41, 5.74) is 0.584. The van der Waals surface area contributed by atoms with E-state index in [9.17, 15) is 22.6 Å². The minimum atomic E-state index is -4.90. The maximum absolute atomic E-state index is 14.6. The molecule has 0 unspecified atom stereocenters. The minimum absolute atomic E-state index is 0. The Hall–Kier alpha value is -1.44. The van der Waals surface area contributed by atoms with Gasteiger partial charge in [-0.3, -0.25) is 5.04 Å². The summed E-state index contributed by atoms with van der Waals surface area (Å²) < 4.78 is 54.0. The molecule has 4 aromatic rings. The monoisotopic (exact) mass is 652 g/mol. The van der Waals surface area contributed by atoms with E-state index < -0.39 is 21.0 Å². The van der Waals surface area contributed by atoms with Gasteiger partial charge in [-0.1, -0.05) is 35.9 Å². The van der Waals surface area contributed by atoms with Gasteiger partial charge in [0.15, 0.2) is 5.82 Å². The first-order valence-corrected chi connectivity index (χ1v) is 14.1. The molecule has 1 N–H and O–H groups in total. The SMILES string of the molecule is CCN(CC)c1nc(F)c(Cl)c(Nc2ccc(N=Nc3cc(SOO[O-])ccc3S(=O)(=O)[O-])c3ccccc23)n1.[Na+].[Na+]. The Labute approximate surface area is 294 Å². The Morgan fingerprint density at radius 3 is 2.33 bits per heavy atom. The predicted molar refractivity (Wildman–Crippen MR) is 144 cm³/mol. The molecular weight excluding hydrogens is 633 g/mol. The molecule has 0 bridgehead atoms. The number of rotatable bonds is 11. The first-order valence-electron chi connectivity index (χ1n) is 11.6. The molecule has 0 saturated carbocycles. The van der Waals surface area contributed by atoms with Gasteiger partial charge in [-0.25, -0.2) is 8.42 Å². The standard InChI is InChI=1S/C24H22ClFN6O6S2.2Na/c1-3-32(4-2)24-28-22(26)21(25)23(29-24)27-17-10-11-18(16-8-6-5-7-15(16)17)30-31-19-13-14(39-38-37-33)9-12-20(19)40(34,35)36;;/h5-13,33H,3-4H2,1-2H3,(H,27,28,29)(H,34,35,36);;/q;2*+1/p-2. The van der Waals surface area contributed by atoms with E-state index in [2.05, 4.69) is 34.9 Å². The fourth-order valence-electron chi connectivity index (χ4n) is 3.75. The average molecular weight is 653 g/mol. The van der Waals surface area contributed by atoms with Crippen LogP contribution in [-0.2, 0) is 19.5 Å². The van der Waals surface area contributed by atoms with E-state index in [0.717, 1.165) is 6.07 Å². The van der Waals surface area contributed by atoms with Gasteiger partial charge in [0.1, 0.15) is 20.8 Å². The van der Waals surface area contributed by atoms with E-state index in [1.165, 1.54) is 12.1 Å². The fourth-order valence-corrected chi connectivity index (χ4v) is 4.86. The molecule has 0 saturated heterocycles. The second kappa shape index (κ2) is 16.6. The van der Waals surface area contributed by atoms with Gasteiger partial charge in [-0.05, 0) is 44.2 Å². The molecule has 1 aromatic heterocycles. The molecule has 1 heterocycles. The van der Waals surface area contributed by atoms with Gasteiger partial charge in [0, 0.05) is 34.4 Å². The van der Waals surface area contributed by atoms with Crippen molar-refractivity contribution in [2.75, 3.05) is 23.3 Å². The van der Waals surface area contributed by atoms with Crippen LogP contribution >= 0.6 is 23.6 Å². The van der Waals surface area contributed by atoms with Crippen LogP contribution in [0.3, 0.4) is 0 Å². The van der Waals surface area contributed by atoms with E-state index in [1.54, 1.807) is 41.3 Å². The van der Waals surface area contributed by atoms with E-state index in [4.69, 9.17) is 11.6 Å². The van der Waals surface area contributed by atoms with Gasteiger partial charge in [-0.2, -0.15) is 18.7 Å². The van der Waals surface area contributed by atoms with Crippen molar-refractivity contribution in [3.05, 3.63) is 65.6 Å². The Morgan fingerprint density at radius 1 is 1.02 bits per heavy atom. The predicted octanol–water partition coefficient (Wildman–Crippen LogP) is -0.430. The normalized spacial score (nSPS) is 11.3. The first kappa shape index (κ1) is 36.8. The van der Waals surface area contributed by atoms with Crippen molar-refractivity contribution < 1.29 is 91.1 Å². The molecule has 0 aliphatic rings. The van der Waals surface area contributed by atoms with Crippen molar-refractivity contribution in [2.24, 2.45) is 10.2 Å². The Kier molecular flexibility index (Phi) is 14.5. The molecule has 18 heteroatoms. The molecule has 0 aliphatic heterocycles. The Balaban J connectivity index is 0.00000308. The molecule has 3 aromatic carbocycles. The summed E-state index contributed by atoms with van der Waals surface area (Å²) in [6.45, 7) is 4.92. The number of fused-ring (bicyclic) bond motifs is 1. The van der Waals surface area contributed by atoms with Crippen LogP contribution in [0.1, 0.15) is 13.8 Å². The third kappa shape index (κ3) is 8.81. The van der Waals surface area contributed by atoms with Gasteiger partial charge in [0.25, 0.3) is 0 Å². The number of benzene rings is 3. The summed E-state index contributed by atoms with van der Waals surface area (Å²) >= 11 is 6.67. The number of anilines is 3. The number of aromatic nitrogens is 2. The smallest absolute Gasteiger partial charge is 0.744 e. The van der Waals surface area contributed by atoms with Gasteiger partial charge in [0.2, 0.25) is 11.9 Å². The first-order chi connectivity index (χ1) is 19.2. The third-order valence-corrected chi connectivity index (χ3v) is 7.41. The molecule has 0 atom stereocenters. The van der Waals surface area contributed by atoms with Gasteiger partial charge < -0.3 is 20.0 Å². The van der Waals surface area contributed by atoms with Crippen LogP contribution in [0.4, 0.5) is 33.2 Å². The number of halogens is 2. The third-order valence-electron chi connectivity index (χ3n) is 5.62. The molecule has 12 nitrogen and oxygen atoms in total. The summed E-state index contributed by atoms with van der Waals surface area (Å²) in [7, 11) is -4.90. The van der Waals surface area contributed by atoms with Crippen molar-refractivity contribution in [2.45, 2.75) is 23.6 Å². The van der Waals surface area contributed by atoms with Gasteiger partial charge in [-0.15, -0.1) is 10.2 Å². The Bertz CT molecular complexity index is 1690. The molecule has 210 valence electrons. The van der Waals surface area contributed by atoms with Crippen LogP contribution in [0.15, 0.2) is 74.6 Å². The molecule has 4 rings (SSSR count). The fraction of sp³-hybridized carbons (Fsp3) is 0.167. The van der Waals surface area contributed by atoms with Gasteiger partial charge >= 0.3 is 59.1 Å². The van der Waals surface area contributed by atoms with Crippen LogP contribution in [0.2, 0.25) is 5.02 Å². The summed E-state index contributed by atoms with van der Waals surface area (Å²) in [5, 5.41) is 25.6.